The number of aliphatic hydroxyl groups is 1. The molecular formula is C17H25N5O3S. The monoisotopic (exact) mass is 379 g/mol. The zero-order valence-corrected chi connectivity index (χ0v) is 15.8. The van der Waals surface area contributed by atoms with Crippen molar-refractivity contribution in [3.8, 4) is 5.69 Å². The number of hydrogen-bond donors (Lipinski definition) is 2. The summed E-state index contributed by atoms with van der Waals surface area (Å²) < 4.78 is 29.5. The first-order valence-corrected chi connectivity index (χ1v) is 9.99. The Balaban J connectivity index is 1.66. The van der Waals surface area contributed by atoms with Gasteiger partial charge in [0.2, 0.25) is 0 Å². The molecule has 2 heterocycles. The first-order valence-electron chi connectivity index (χ1n) is 8.55. The van der Waals surface area contributed by atoms with Crippen LogP contribution in [0.5, 0.6) is 0 Å². The number of piperidine rings is 1. The number of nitrogens with zero attached hydrogens (tertiary/aromatic N) is 4. The summed E-state index contributed by atoms with van der Waals surface area (Å²) in [6, 6.07) is 9.41. The molecule has 2 N–H and O–H groups in total. The van der Waals surface area contributed by atoms with E-state index in [9.17, 15) is 13.5 Å². The maximum Gasteiger partial charge on any atom is 0.279 e. The van der Waals surface area contributed by atoms with Crippen LogP contribution in [0.25, 0.3) is 5.69 Å². The summed E-state index contributed by atoms with van der Waals surface area (Å²) in [4.78, 5) is 2.13. The second-order valence-electron chi connectivity index (χ2n) is 6.68. The molecular weight excluding hydrogens is 354 g/mol. The molecule has 142 valence electrons. The van der Waals surface area contributed by atoms with Crippen molar-refractivity contribution in [3.05, 3.63) is 48.3 Å². The van der Waals surface area contributed by atoms with Crippen molar-refractivity contribution in [2.45, 2.75) is 25.1 Å². The fourth-order valence-electron chi connectivity index (χ4n) is 3.10. The Hall–Kier alpha value is -1.78. The summed E-state index contributed by atoms with van der Waals surface area (Å²) in [6.45, 7) is 1.78. The van der Waals surface area contributed by atoms with Gasteiger partial charge in [-0.1, -0.05) is 18.2 Å². The third-order valence-electron chi connectivity index (χ3n) is 4.58. The predicted octanol–water partition coefficient (Wildman–Crippen LogP) is 0.204. The molecule has 2 atom stereocenters. The van der Waals surface area contributed by atoms with Gasteiger partial charge in [0.05, 0.1) is 17.8 Å². The van der Waals surface area contributed by atoms with Gasteiger partial charge >= 0.3 is 0 Å². The van der Waals surface area contributed by atoms with E-state index in [0.29, 0.717) is 26.1 Å². The maximum atomic E-state index is 12.0. The smallest absolute Gasteiger partial charge is 0.279 e. The quantitative estimate of drug-likeness (QED) is 0.749. The summed E-state index contributed by atoms with van der Waals surface area (Å²) in [6.07, 6.45) is 3.44. The summed E-state index contributed by atoms with van der Waals surface area (Å²) in [5.74, 6) is 0. The van der Waals surface area contributed by atoms with Gasteiger partial charge in [-0.2, -0.15) is 22.5 Å². The molecule has 1 aromatic heterocycles. The minimum absolute atomic E-state index is 0.411. The zero-order valence-electron chi connectivity index (χ0n) is 15.0. The summed E-state index contributed by atoms with van der Waals surface area (Å²) in [5, 5.41) is 14.7. The molecule has 1 saturated heterocycles. The molecule has 2 unspecified atom stereocenters. The Morgan fingerprint density at radius 3 is 2.73 bits per heavy atom. The van der Waals surface area contributed by atoms with E-state index in [0.717, 1.165) is 15.6 Å². The number of hydrogen-bond acceptors (Lipinski definition) is 5. The minimum atomic E-state index is -3.55. The van der Waals surface area contributed by atoms with E-state index in [1.807, 2.05) is 41.2 Å². The van der Waals surface area contributed by atoms with Gasteiger partial charge in [0.1, 0.15) is 0 Å². The maximum absolute atomic E-state index is 12.0. The highest BCUT2D eigenvalue weighted by Crippen LogP contribution is 2.19. The van der Waals surface area contributed by atoms with Gasteiger partial charge in [-0.3, -0.25) is 4.90 Å². The van der Waals surface area contributed by atoms with Gasteiger partial charge in [0, 0.05) is 46.1 Å². The van der Waals surface area contributed by atoms with E-state index in [-0.39, 0.29) is 0 Å². The number of rotatable bonds is 6. The highest BCUT2D eigenvalue weighted by molar-refractivity contribution is 7.87. The minimum Gasteiger partial charge on any atom is -0.390 e. The lowest BCUT2D eigenvalue weighted by molar-refractivity contribution is 0.0441. The lowest BCUT2D eigenvalue weighted by Crippen LogP contribution is -2.55. The van der Waals surface area contributed by atoms with Crippen LogP contribution < -0.4 is 4.72 Å². The number of likely N-dealkylation sites (tertiary alicyclic amines) is 1. The van der Waals surface area contributed by atoms with Crippen molar-refractivity contribution in [2.75, 3.05) is 27.2 Å². The summed E-state index contributed by atoms with van der Waals surface area (Å²) in [5.41, 5.74) is 2.11. The number of aromatic nitrogens is 2. The fourth-order valence-corrected chi connectivity index (χ4v) is 3.96. The predicted molar refractivity (Wildman–Crippen MR) is 99.0 cm³/mol. The van der Waals surface area contributed by atoms with Gasteiger partial charge in [-0.05, 0) is 24.1 Å². The Bertz CT molecular complexity index is 823. The molecule has 2 aromatic rings. The highest BCUT2D eigenvalue weighted by atomic mass is 32.2. The van der Waals surface area contributed by atoms with Crippen LogP contribution in [0.15, 0.2) is 42.7 Å². The fraction of sp³-hybridized carbons (Fsp3) is 0.471. The van der Waals surface area contributed by atoms with E-state index < -0.39 is 22.4 Å². The molecule has 26 heavy (non-hydrogen) atoms. The first-order chi connectivity index (χ1) is 12.4. The molecule has 9 heteroatoms. The van der Waals surface area contributed by atoms with Crippen molar-refractivity contribution in [1.29, 1.82) is 0 Å². The Morgan fingerprint density at radius 2 is 2.08 bits per heavy atom. The van der Waals surface area contributed by atoms with Crippen molar-refractivity contribution in [2.24, 2.45) is 0 Å². The van der Waals surface area contributed by atoms with Gasteiger partial charge < -0.3 is 5.11 Å². The second kappa shape index (κ2) is 7.85. The van der Waals surface area contributed by atoms with Crippen LogP contribution in [0, 0.1) is 0 Å². The van der Waals surface area contributed by atoms with E-state index in [1.165, 1.54) is 14.1 Å². The third kappa shape index (κ3) is 4.30. The molecule has 0 spiro atoms. The van der Waals surface area contributed by atoms with Gasteiger partial charge in [0.25, 0.3) is 10.2 Å². The third-order valence-corrected chi connectivity index (χ3v) is 6.15. The van der Waals surface area contributed by atoms with Crippen LogP contribution in [0.4, 0.5) is 0 Å². The Morgan fingerprint density at radius 1 is 1.31 bits per heavy atom. The van der Waals surface area contributed by atoms with E-state index >= 15 is 0 Å². The molecule has 0 amide bonds. The molecule has 0 aliphatic carbocycles. The second-order valence-corrected chi connectivity index (χ2v) is 8.60. The molecule has 1 aliphatic heterocycles. The SMILES string of the molecule is CN(C)S(=O)(=O)NC1CCN(Cc2ccccc2-n2cccn2)CC1O. The van der Waals surface area contributed by atoms with Crippen molar-refractivity contribution >= 4 is 10.2 Å². The Labute approximate surface area is 154 Å². The average molecular weight is 379 g/mol. The van der Waals surface area contributed by atoms with E-state index in [1.54, 1.807) is 6.20 Å². The molecule has 0 bridgehead atoms. The number of nitrogens with one attached hydrogen (secondary N) is 1. The van der Waals surface area contributed by atoms with Crippen LogP contribution in [-0.4, -0.2) is 71.8 Å². The molecule has 1 aromatic carbocycles. The largest absolute Gasteiger partial charge is 0.390 e. The number of benzene rings is 1. The lowest BCUT2D eigenvalue weighted by atomic mass is 10.0. The van der Waals surface area contributed by atoms with Crippen molar-refractivity contribution in [1.82, 2.24) is 23.7 Å². The highest BCUT2D eigenvalue weighted by Gasteiger charge is 2.31. The van der Waals surface area contributed by atoms with Gasteiger partial charge in [-0.15, -0.1) is 0 Å². The topological polar surface area (TPSA) is 90.7 Å². The normalized spacial score (nSPS) is 22.0. The van der Waals surface area contributed by atoms with E-state index in [2.05, 4.69) is 14.7 Å². The van der Waals surface area contributed by atoms with Gasteiger partial charge in [-0.25, -0.2) is 4.68 Å². The number of para-hydroxylation sites is 1. The molecule has 0 saturated carbocycles. The van der Waals surface area contributed by atoms with Crippen LogP contribution in [0.2, 0.25) is 0 Å². The number of aliphatic hydroxyl groups excluding tert-OH is 1. The lowest BCUT2D eigenvalue weighted by Gasteiger charge is -2.36. The zero-order chi connectivity index (χ0) is 18.7. The Kier molecular flexibility index (Phi) is 5.73. The van der Waals surface area contributed by atoms with Crippen LogP contribution in [0.3, 0.4) is 0 Å². The van der Waals surface area contributed by atoms with Gasteiger partial charge in [0.15, 0.2) is 0 Å². The summed E-state index contributed by atoms with van der Waals surface area (Å²) in [7, 11) is -0.614. The molecule has 8 nitrogen and oxygen atoms in total. The van der Waals surface area contributed by atoms with Crippen molar-refractivity contribution in [3.63, 3.8) is 0 Å². The molecule has 0 radical (unpaired) electrons. The molecule has 1 fully saturated rings. The molecule has 3 rings (SSSR count). The summed E-state index contributed by atoms with van der Waals surface area (Å²) >= 11 is 0. The first kappa shape index (κ1) is 19.0. The van der Waals surface area contributed by atoms with E-state index in [4.69, 9.17) is 0 Å². The van der Waals surface area contributed by atoms with Crippen LogP contribution in [0.1, 0.15) is 12.0 Å². The standard InChI is InChI=1S/C17H25N5O3S/c1-20(2)26(24,25)19-15-8-11-21(13-17(15)23)12-14-6-3-4-7-16(14)22-10-5-9-18-22/h3-7,9-10,15,17,19,23H,8,11-13H2,1-2H3. The van der Waals surface area contributed by atoms with Crippen LogP contribution >= 0.6 is 0 Å². The number of β-amino-alcohol motifs (C(OH)–C–C–N with tert-alkyl or cyclic N) is 1. The average Bonchev–Trinajstić information content (AvgIpc) is 3.12. The molecule has 1 aliphatic rings. The van der Waals surface area contributed by atoms with Crippen LogP contribution in [-0.2, 0) is 16.8 Å². The van der Waals surface area contributed by atoms with Crippen molar-refractivity contribution < 1.29 is 13.5 Å².